The molecule has 1 fully saturated rings. The second-order valence-electron chi connectivity index (χ2n) is 8.73. The Morgan fingerprint density at radius 3 is 2.65 bits per heavy atom. The summed E-state index contributed by atoms with van der Waals surface area (Å²) in [6.45, 7) is 1.74. The number of nitrogens with one attached hydrogen (secondary N) is 3. The fraction of sp³-hybridized carbons (Fsp3) is 0.385. The third kappa shape index (κ3) is 6.47. The fourth-order valence-electron chi connectivity index (χ4n) is 4.33. The van der Waals surface area contributed by atoms with Gasteiger partial charge in [0.05, 0.1) is 11.2 Å². The van der Waals surface area contributed by atoms with E-state index in [9.17, 15) is 18.0 Å². The second-order valence-corrected chi connectivity index (χ2v) is 8.73. The molecule has 1 aromatic heterocycles. The van der Waals surface area contributed by atoms with Crippen molar-refractivity contribution in [2.75, 3.05) is 31.5 Å². The summed E-state index contributed by atoms with van der Waals surface area (Å²) in [6.07, 6.45) is 0.369. The van der Waals surface area contributed by atoms with Gasteiger partial charge in [-0.1, -0.05) is 30.3 Å². The van der Waals surface area contributed by atoms with Gasteiger partial charge in [0.15, 0.2) is 0 Å². The van der Waals surface area contributed by atoms with E-state index in [1.807, 2.05) is 35.6 Å². The maximum Gasteiger partial charge on any atom is 0.405 e. The monoisotopic (exact) mass is 470 g/mol. The van der Waals surface area contributed by atoms with Crippen LogP contribution in [-0.4, -0.2) is 43.2 Å². The molecular weight excluding hydrogens is 441 g/mol. The molecule has 0 bridgehead atoms. The Bertz CT molecular complexity index is 1110. The van der Waals surface area contributed by atoms with Gasteiger partial charge < -0.3 is 16.0 Å². The van der Waals surface area contributed by atoms with Gasteiger partial charge in [-0.25, -0.2) is 4.98 Å². The van der Waals surface area contributed by atoms with Crippen LogP contribution in [0.15, 0.2) is 54.6 Å². The van der Waals surface area contributed by atoms with E-state index in [1.54, 1.807) is 12.1 Å². The third-order valence-corrected chi connectivity index (χ3v) is 6.11. The number of carbonyl (C=O) groups is 1. The van der Waals surface area contributed by atoms with Crippen molar-refractivity contribution in [1.82, 2.24) is 15.6 Å². The lowest BCUT2D eigenvalue weighted by atomic mass is 9.95. The molecule has 0 saturated carbocycles. The van der Waals surface area contributed by atoms with E-state index in [2.05, 4.69) is 10.6 Å². The van der Waals surface area contributed by atoms with Crippen molar-refractivity contribution >= 4 is 22.5 Å². The van der Waals surface area contributed by atoms with Gasteiger partial charge in [0.25, 0.3) is 5.91 Å². The zero-order chi connectivity index (χ0) is 24.0. The number of para-hydroxylation sites is 1. The minimum Gasteiger partial charge on any atom is -0.384 e. The Morgan fingerprint density at radius 2 is 1.91 bits per heavy atom. The summed E-state index contributed by atoms with van der Waals surface area (Å²) in [4.78, 5) is 16.7. The van der Waals surface area contributed by atoms with Gasteiger partial charge in [-0.05, 0) is 69.0 Å². The van der Waals surface area contributed by atoms with Gasteiger partial charge in [0.2, 0.25) is 0 Å². The molecule has 180 valence electrons. The number of aromatic nitrogens is 1. The minimum absolute atomic E-state index is 0.171. The largest absolute Gasteiger partial charge is 0.405 e. The predicted molar refractivity (Wildman–Crippen MR) is 129 cm³/mol. The summed E-state index contributed by atoms with van der Waals surface area (Å²) in [6, 6.07) is 16.4. The summed E-state index contributed by atoms with van der Waals surface area (Å²) < 4.78 is 37.1. The van der Waals surface area contributed by atoms with Gasteiger partial charge in [0.1, 0.15) is 6.54 Å². The van der Waals surface area contributed by atoms with Gasteiger partial charge in [-0.3, -0.25) is 4.79 Å². The van der Waals surface area contributed by atoms with Crippen molar-refractivity contribution in [1.29, 1.82) is 0 Å². The molecule has 3 N–H and O–H groups in total. The first kappa shape index (κ1) is 24.0. The van der Waals surface area contributed by atoms with Crippen molar-refractivity contribution in [3.63, 3.8) is 0 Å². The Balaban J connectivity index is 1.46. The number of rotatable bonds is 8. The molecule has 2 heterocycles. The van der Waals surface area contributed by atoms with Gasteiger partial charge >= 0.3 is 6.18 Å². The highest BCUT2D eigenvalue weighted by molar-refractivity contribution is 5.96. The highest BCUT2D eigenvalue weighted by Crippen LogP contribution is 2.29. The van der Waals surface area contributed by atoms with E-state index >= 15 is 0 Å². The molecular formula is C26H29F3N4O. The normalized spacial score (nSPS) is 16.4. The highest BCUT2D eigenvalue weighted by atomic mass is 19.4. The van der Waals surface area contributed by atoms with E-state index in [0.29, 0.717) is 0 Å². The number of pyridine rings is 1. The van der Waals surface area contributed by atoms with Gasteiger partial charge in [0, 0.05) is 28.7 Å². The number of amides is 1. The zero-order valence-corrected chi connectivity index (χ0v) is 18.9. The van der Waals surface area contributed by atoms with Crippen molar-refractivity contribution < 1.29 is 18.0 Å². The first-order valence-electron chi connectivity index (χ1n) is 11.7. The first-order valence-corrected chi connectivity index (χ1v) is 11.7. The Labute approximate surface area is 197 Å². The third-order valence-electron chi connectivity index (χ3n) is 6.11. The van der Waals surface area contributed by atoms with Crippen molar-refractivity contribution in [2.24, 2.45) is 5.92 Å². The number of benzene rings is 2. The molecule has 0 radical (unpaired) electrons. The zero-order valence-electron chi connectivity index (χ0n) is 18.9. The average molecular weight is 471 g/mol. The van der Waals surface area contributed by atoms with E-state index in [4.69, 9.17) is 4.98 Å². The molecule has 1 amide bonds. The van der Waals surface area contributed by atoms with Crippen LogP contribution >= 0.6 is 0 Å². The van der Waals surface area contributed by atoms with Crippen LogP contribution in [0.2, 0.25) is 0 Å². The smallest absolute Gasteiger partial charge is 0.384 e. The molecule has 5 nitrogen and oxygen atoms in total. The number of piperidine rings is 1. The molecule has 1 saturated heterocycles. The van der Waals surface area contributed by atoms with E-state index in [-0.39, 0.29) is 5.56 Å². The number of carbonyl (C=O) groups excluding carboxylic acids is 1. The lowest BCUT2D eigenvalue weighted by Gasteiger charge is -2.22. The van der Waals surface area contributed by atoms with E-state index in [0.717, 1.165) is 59.8 Å². The standard InChI is InChI=1S/C26H29F3N4O/c27-26(28,29)17-32-25(34)20-11-9-19(10-12-20)23-15-24(21-7-1-2-8-22(21)33-23)31-14-4-6-18-5-3-13-30-16-18/h1-2,7-12,15,18,30H,3-6,13-14,16-17H2,(H,31,33)(H,32,34). The summed E-state index contributed by atoms with van der Waals surface area (Å²) in [5.74, 6) is -0.0157. The lowest BCUT2D eigenvalue weighted by Crippen LogP contribution is -2.33. The van der Waals surface area contributed by atoms with Crippen molar-refractivity contribution in [2.45, 2.75) is 31.9 Å². The summed E-state index contributed by atoms with van der Waals surface area (Å²) in [5, 5.41) is 9.96. The molecule has 8 heteroatoms. The molecule has 3 aromatic rings. The van der Waals surface area contributed by atoms with Crippen LogP contribution in [0.25, 0.3) is 22.2 Å². The number of hydrogen-bond acceptors (Lipinski definition) is 4. The van der Waals surface area contributed by atoms with Gasteiger partial charge in [-0.2, -0.15) is 13.2 Å². The summed E-state index contributed by atoms with van der Waals surface area (Å²) in [5.41, 5.74) is 3.54. The minimum atomic E-state index is -4.44. The van der Waals surface area contributed by atoms with Gasteiger partial charge in [-0.15, -0.1) is 0 Å². The SMILES string of the molecule is O=C(NCC(F)(F)F)c1ccc(-c2cc(NCCCC3CCCNC3)c3ccccc3n2)cc1. The maximum absolute atomic E-state index is 12.4. The average Bonchev–Trinajstić information content (AvgIpc) is 2.85. The van der Waals surface area contributed by atoms with Crippen LogP contribution < -0.4 is 16.0 Å². The number of alkyl halides is 3. The molecule has 0 aliphatic carbocycles. The molecule has 0 spiro atoms. The van der Waals surface area contributed by atoms with E-state index < -0.39 is 18.6 Å². The highest BCUT2D eigenvalue weighted by Gasteiger charge is 2.27. The topological polar surface area (TPSA) is 66.1 Å². The molecule has 4 rings (SSSR count). The van der Waals surface area contributed by atoms with Crippen LogP contribution in [0.3, 0.4) is 0 Å². The number of anilines is 1. The molecule has 1 atom stereocenters. The number of halogens is 3. The molecule has 2 aromatic carbocycles. The fourth-order valence-corrected chi connectivity index (χ4v) is 4.33. The van der Waals surface area contributed by atoms with Crippen LogP contribution in [0.1, 0.15) is 36.0 Å². The van der Waals surface area contributed by atoms with Crippen LogP contribution in [-0.2, 0) is 0 Å². The Morgan fingerprint density at radius 1 is 1.12 bits per heavy atom. The van der Waals surface area contributed by atoms with E-state index in [1.165, 1.54) is 31.4 Å². The lowest BCUT2D eigenvalue weighted by molar-refractivity contribution is -0.123. The predicted octanol–water partition coefficient (Wildman–Crippen LogP) is 5.39. The summed E-state index contributed by atoms with van der Waals surface area (Å²) >= 11 is 0. The Hall–Kier alpha value is -3.13. The van der Waals surface area contributed by atoms with Crippen LogP contribution in [0.5, 0.6) is 0 Å². The summed E-state index contributed by atoms with van der Waals surface area (Å²) in [7, 11) is 0. The van der Waals surface area contributed by atoms with Crippen molar-refractivity contribution in [3.8, 4) is 11.3 Å². The quantitative estimate of drug-likeness (QED) is 0.387. The number of fused-ring (bicyclic) bond motifs is 1. The molecule has 1 aliphatic heterocycles. The Kier molecular flexibility index (Phi) is 7.67. The number of nitrogens with zero attached hydrogens (tertiary/aromatic N) is 1. The molecule has 1 aliphatic rings. The first-order chi connectivity index (χ1) is 16.4. The maximum atomic E-state index is 12.4. The molecule has 1 unspecified atom stereocenters. The second kappa shape index (κ2) is 10.9. The van der Waals surface area contributed by atoms with Crippen LogP contribution in [0, 0.1) is 5.92 Å². The number of hydrogen-bond donors (Lipinski definition) is 3. The van der Waals surface area contributed by atoms with Crippen LogP contribution in [0.4, 0.5) is 18.9 Å². The van der Waals surface area contributed by atoms with Crippen molar-refractivity contribution in [3.05, 3.63) is 60.2 Å². The molecule has 34 heavy (non-hydrogen) atoms.